The molecule has 0 fully saturated rings. The van der Waals surface area contributed by atoms with Crippen LogP contribution in [0.25, 0.3) is 0 Å². The number of pyridine rings is 1. The molecule has 2 rings (SSSR count). The molecule has 1 atom stereocenters. The number of hydrogen-bond donors (Lipinski definition) is 1. The quantitative estimate of drug-likeness (QED) is 0.944. The van der Waals surface area contributed by atoms with Gasteiger partial charge in [0.2, 0.25) is 0 Å². The van der Waals surface area contributed by atoms with Crippen LogP contribution in [0.5, 0.6) is 5.75 Å². The third-order valence-electron chi connectivity index (χ3n) is 2.79. The Hall–Kier alpha value is -1.39. The van der Waals surface area contributed by atoms with Crippen molar-refractivity contribution in [3.05, 3.63) is 58.3 Å². The molecular formula is C14H15BrN2O. The smallest absolute Gasteiger partial charge is 0.122 e. The molecule has 0 saturated heterocycles. The van der Waals surface area contributed by atoms with Gasteiger partial charge in [-0.25, -0.2) is 0 Å². The van der Waals surface area contributed by atoms with Gasteiger partial charge in [-0.05, 0) is 41.8 Å². The summed E-state index contributed by atoms with van der Waals surface area (Å²) >= 11 is 3.46. The van der Waals surface area contributed by atoms with Gasteiger partial charge in [-0.3, -0.25) is 4.98 Å². The van der Waals surface area contributed by atoms with Crippen molar-refractivity contribution in [3.8, 4) is 5.75 Å². The average molecular weight is 307 g/mol. The molecule has 0 aliphatic heterocycles. The van der Waals surface area contributed by atoms with Crippen LogP contribution in [0.2, 0.25) is 0 Å². The van der Waals surface area contributed by atoms with Gasteiger partial charge >= 0.3 is 0 Å². The lowest BCUT2D eigenvalue weighted by Gasteiger charge is -2.14. The summed E-state index contributed by atoms with van der Waals surface area (Å²) in [4.78, 5) is 4.09. The molecule has 2 N–H and O–H groups in total. The average Bonchev–Trinajstić information content (AvgIpc) is 2.40. The second-order valence-corrected chi connectivity index (χ2v) is 4.97. The molecule has 0 aliphatic rings. The maximum absolute atomic E-state index is 6.19. The highest BCUT2D eigenvalue weighted by atomic mass is 79.9. The van der Waals surface area contributed by atoms with Gasteiger partial charge in [0.25, 0.3) is 0 Å². The molecule has 1 unspecified atom stereocenters. The van der Waals surface area contributed by atoms with E-state index in [1.165, 1.54) is 0 Å². The normalized spacial score (nSPS) is 12.2. The van der Waals surface area contributed by atoms with Crippen molar-refractivity contribution >= 4 is 15.9 Å². The standard InChI is InChI=1S/C14H15BrN2O/c1-18-14-5-4-12(15)7-11(14)8-13(16)10-3-2-6-17-9-10/h2-7,9,13H,8,16H2,1H3. The Morgan fingerprint density at radius 3 is 2.89 bits per heavy atom. The predicted molar refractivity (Wildman–Crippen MR) is 75.6 cm³/mol. The lowest BCUT2D eigenvalue weighted by Crippen LogP contribution is -2.14. The van der Waals surface area contributed by atoms with Crippen LogP contribution in [0.1, 0.15) is 17.2 Å². The number of aromatic nitrogens is 1. The maximum Gasteiger partial charge on any atom is 0.122 e. The van der Waals surface area contributed by atoms with Crippen LogP contribution in [0.3, 0.4) is 0 Å². The second-order valence-electron chi connectivity index (χ2n) is 4.05. The minimum absolute atomic E-state index is 0.0816. The van der Waals surface area contributed by atoms with Crippen LogP contribution in [-0.2, 0) is 6.42 Å². The summed E-state index contributed by atoms with van der Waals surface area (Å²) in [6, 6.07) is 9.74. The third-order valence-corrected chi connectivity index (χ3v) is 3.29. The van der Waals surface area contributed by atoms with Crippen LogP contribution in [0.15, 0.2) is 47.2 Å². The first-order chi connectivity index (χ1) is 8.70. The molecule has 1 aromatic carbocycles. The summed E-state index contributed by atoms with van der Waals surface area (Å²) in [5, 5.41) is 0. The summed E-state index contributed by atoms with van der Waals surface area (Å²) in [5.74, 6) is 0.859. The van der Waals surface area contributed by atoms with Crippen molar-refractivity contribution < 1.29 is 4.74 Å². The fraction of sp³-hybridized carbons (Fsp3) is 0.214. The van der Waals surface area contributed by atoms with Crippen molar-refractivity contribution in [1.29, 1.82) is 0 Å². The highest BCUT2D eigenvalue weighted by Crippen LogP contribution is 2.26. The minimum Gasteiger partial charge on any atom is -0.496 e. The van der Waals surface area contributed by atoms with Gasteiger partial charge in [0.1, 0.15) is 5.75 Å². The van der Waals surface area contributed by atoms with Crippen LogP contribution in [0, 0.1) is 0 Å². The van der Waals surface area contributed by atoms with Gasteiger partial charge < -0.3 is 10.5 Å². The van der Waals surface area contributed by atoms with Crippen LogP contribution < -0.4 is 10.5 Å². The van der Waals surface area contributed by atoms with E-state index in [-0.39, 0.29) is 6.04 Å². The molecule has 94 valence electrons. The lowest BCUT2D eigenvalue weighted by molar-refractivity contribution is 0.408. The van der Waals surface area contributed by atoms with Gasteiger partial charge in [-0.2, -0.15) is 0 Å². The van der Waals surface area contributed by atoms with Crippen molar-refractivity contribution in [3.63, 3.8) is 0 Å². The zero-order chi connectivity index (χ0) is 13.0. The summed E-state index contributed by atoms with van der Waals surface area (Å²) in [5.41, 5.74) is 8.30. The Morgan fingerprint density at radius 2 is 2.22 bits per heavy atom. The van der Waals surface area contributed by atoms with Gasteiger partial charge in [-0.1, -0.05) is 22.0 Å². The van der Waals surface area contributed by atoms with E-state index in [9.17, 15) is 0 Å². The molecule has 0 amide bonds. The molecule has 3 nitrogen and oxygen atoms in total. The van der Waals surface area contributed by atoms with Crippen LogP contribution in [-0.4, -0.2) is 12.1 Å². The van der Waals surface area contributed by atoms with E-state index in [1.54, 1.807) is 19.5 Å². The van der Waals surface area contributed by atoms with E-state index in [0.29, 0.717) is 6.42 Å². The molecule has 2 aromatic rings. The van der Waals surface area contributed by atoms with E-state index in [2.05, 4.69) is 20.9 Å². The summed E-state index contributed by atoms with van der Waals surface area (Å²) in [6.45, 7) is 0. The zero-order valence-corrected chi connectivity index (χ0v) is 11.7. The number of rotatable bonds is 4. The molecule has 0 radical (unpaired) electrons. The topological polar surface area (TPSA) is 48.1 Å². The zero-order valence-electron chi connectivity index (χ0n) is 10.1. The van der Waals surface area contributed by atoms with Crippen LogP contribution in [0.4, 0.5) is 0 Å². The number of ether oxygens (including phenoxy) is 1. The monoisotopic (exact) mass is 306 g/mol. The Kier molecular flexibility index (Phi) is 4.33. The van der Waals surface area contributed by atoms with Crippen molar-refractivity contribution in [2.45, 2.75) is 12.5 Å². The number of methoxy groups -OCH3 is 1. The Labute approximate surface area is 115 Å². The molecular weight excluding hydrogens is 292 g/mol. The van der Waals surface area contributed by atoms with Gasteiger partial charge in [-0.15, -0.1) is 0 Å². The molecule has 0 aliphatic carbocycles. The van der Waals surface area contributed by atoms with Gasteiger partial charge in [0.15, 0.2) is 0 Å². The summed E-state index contributed by atoms with van der Waals surface area (Å²) < 4.78 is 6.37. The van der Waals surface area contributed by atoms with Crippen LogP contribution >= 0.6 is 15.9 Å². The highest BCUT2D eigenvalue weighted by Gasteiger charge is 2.11. The van der Waals surface area contributed by atoms with Crippen molar-refractivity contribution in [2.24, 2.45) is 5.73 Å². The molecule has 18 heavy (non-hydrogen) atoms. The molecule has 1 aromatic heterocycles. The van der Waals surface area contributed by atoms with E-state index in [1.807, 2.05) is 30.3 Å². The Bertz CT molecular complexity index is 516. The first-order valence-corrected chi connectivity index (χ1v) is 6.48. The number of hydrogen-bond acceptors (Lipinski definition) is 3. The van der Waals surface area contributed by atoms with E-state index < -0.39 is 0 Å². The largest absolute Gasteiger partial charge is 0.496 e. The lowest BCUT2D eigenvalue weighted by atomic mass is 10.0. The molecule has 4 heteroatoms. The number of nitrogens with zero attached hydrogens (tertiary/aromatic N) is 1. The second kappa shape index (κ2) is 5.98. The fourth-order valence-electron chi connectivity index (χ4n) is 1.86. The Balaban J connectivity index is 2.21. The number of halogens is 1. The predicted octanol–water partition coefficient (Wildman–Crippen LogP) is 3.10. The van der Waals surface area contributed by atoms with Gasteiger partial charge in [0, 0.05) is 22.9 Å². The van der Waals surface area contributed by atoms with E-state index in [4.69, 9.17) is 10.5 Å². The molecule has 1 heterocycles. The molecule has 0 spiro atoms. The fourth-order valence-corrected chi connectivity index (χ4v) is 2.27. The first-order valence-electron chi connectivity index (χ1n) is 5.68. The van der Waals surface area contributed by atoms with E-state index >= 15 is 0 Å². The molecule has 0 saturated carbocycles. The number of nitrogens with two attached hydrogens (primary N) is 1. The molecule has 0 bridgehead atoms. The Morgan fingerprint density at radius 1 is 1.39 bits per heavy atom. The summed E-state index contributed by atoms with van der Waals surface area (Å²) in [6.07, 6.45) is 4.26. The number of benzene rings is 1. The summed E-state index contributed by atoms with van der Waals surface area (Å²) in [7, 11) is 1.67. The van der Waals surface area contributed by atoms with Gasteiger partial charge in [0.05, 0.1) is 7.11 Å². The SMILES string of the molecule is COc1ccc(Br)cc1CC(N)c1cccnc1. The van der Waals surface area contributed by atoms with Crippen molar-refractivity contribution in [2.75, 3.05) is 7.11 Å². The highest BCUT2D eigenvalue weighted by molar-refractivity contribution is 9.10. The first kappa shape index (κ1) is 13.1. The van der Waals surface area contributed by atoms with Crippen molar-refractivity contribution in [1.82, 2.24) is 4.98 Å². The maximum atomic E-state index is 6.19. The minimum atomic E-state index is -0.0816. The van der Waals surface area contributed by atoms with E-state index in [0.717, 1.165) is 21.3 Å². The third kappa shape index (κ3) is 3.09.